The van der Waals surface area contributed by atoms with Crippen LogP contribution in [0.2, 0.25) is 0 Å². The lowest BCUT2D eigenvalue weighted by Crippen LogP contribution is -2.37. The van der Waals surface area contributed by atoms with Gasteiger partial charge in [0.2, 0.25) is 5.95 Å². The number of nitrogens with one attached hydrogen (secondary N) is 2. The molecule has 1 aliphatic rings. The lowest BCUT2D eigenvalue weighted by atomic mass is 9.96. The number of hydrazone groups is 1. The Morgan fingerprint density at radius 3 is 2.71 bits per heavy atom. The van der Waals surface area contributed by atoms with Crippen molar-refractivity contribution in [2.24, 2.45) is 11.0 Å². The number of anilines is 2. The SMILES string of the molecule is CCOC(=O)C1CCN(c2ccc(C=NNc3nc(-c4ccccc4)c(C#N)c(=O)[nH]3)cc2[N+](=O)[O-])CC1. The van der Waals surface area contributed by atoms with Gasteiger partial charge in [-0.05, 0) is 25.8 Å². The predicted octanol–water partition coefficient (Wildman–Crippen LogP) is 3.44. The summed E-state index contributed by atoms with van der Waals surface area (Å²) in [7, 11) is 0. The van der Waals surface area contributed by atoms with E-state index in [1.54, 1.807) is 43.3 Å². The van der Waals surface area contributed by atoms with E-state index in [2.05, 4.69) is 20.5 Å². The summed E-state index contributed by atoms with van der Waals surface area (Å²) in [6, 6.07) is 15.4. The third-order valence-corrected chi connectivity index (χ3v) is 6.11. The lowest BCUT2D eigenvalue weighted by Gasteiger charge is -2.32. The van der Waals surface area contributed by atoms with E-state index in [9.17, 15) is 25.0 Å². The van der Waals surface area contributed by atoms with Crippen molar-refractivity contribution >= 4 is 29.5 Å². The van der Waals surface area contributed by atoms with Gasteiger partial charge in [0.25, 0.3) is 11.2 Å². The maximum atomic E-state index is 12.4. The number of piperidine rings is 1. The fourth-order valence-electron chi connectivity index (χ4n) is 4.25. The Balaban J connectivity index is 1.50. The van der Waals surface area contributed by atoms with Crippen LogP contribution in [0.15, 0.2) is 58.4 Å². The average Bonchev–Trinajstić information content (AvgIpc) is 2.93. The first-order valence-corrected chi connectivity index (χ1v) is 12.0. The highest BCUT2D eigenvalue weighted by atomic mass is 16.6. The lowest BCUT2D eigenvalue weighted by molar-refractivity contribution is -0.384. The summed E-state index contributed by atoms with van der Waals surface area (Å²) in [6.45, 7) is 3.09. The number of carbonyl (C=O) groups is 1. The Bertz CT molecular complexity index is 1460. The monoisotopic (exact) mass is 515 g/mol. The molecule has 0 amide bonds. The van der Waals surface area contributed by atoms with Gasteiger partial charge in [0.05, 0.1) is 29.4 Å². The zero-order valence-electron chi connectivity index (χ0n) is 20.6. The third-order valence-electron chi connectivity index (χ3n) is 6.11. The Kier molecular flexibility index (Phi) is 8.07. The standard InChI is InChI=1S/C26H25N7O5/c1-2-38-25(35)19-10-12-32(13-11-19)21-9-8-17(14-22(21)33(36)37)16-28-31-26-29-23(18-6-4-3-5-7-18)20(15-27)24(34)30-26/h3-9,14,16,19H,2,10-13H2,1H3,(H2,29,30,31,34). The normalized spacial score (nSPS) is 13.7. The maximum Gasteiger partial charge on any atom is 0.309 e. The summed E-state index contributed by atoms with van der Waals surface area (Å²) in [5.41, 5.74) is 3.52. The summed E-state index contributed by atoms with van der Waals surface area (Å²) in [5.74, 6) is -0.415. The second kappa shape index (κ2) is 11.8. The quantitative estimate of drug-likeness (QED) is 0.198. The van der Waals surface area contributed by atoms with Crippen LogP contribution in [0.25, 0.3) is 11.3 Å². The summed E-state index contributed by atoms with van der Waals surface area (Å²) in [6.07, 6.45) is 2.48. The molecule has 1 fully saturated rings. The number of carbonyl (C=O) groups excluding carboxylic acids is 1. The van der Waals surface area contributed by atoms with Gasteiger partial charge >= 0.3 is 5.97 Å². The number of H-pyrrole nitrogens is 1. The van der Waals surface area contributed by atoms with Crippen molar-refractivity contribution in [3.8, 4) is 17.3 Å². The van der Waals surface area contributed by atoms with Crippen molar-refractivity contribution in [3.63, 3.8) is 0 Å². The number of esters is 1. The molecule has 0 spiro atoms. The molecule has 0 saturated carbocycles. The van der Waals surface area contributed by atoms with Crippen LogP contribution in [-0.4, -0.2) is 46.8 Å². The molecule has 1 saturated heterocycles. The molecule has 4 rings (SSSR count). The Labute approximate surface area is 217 Å². The minimum atomic E-state index is -0.620. The Morgan fingerprint density at radius 1 is 1.32 bits per heavy atom. The number of nitrogens with zero attached hydrogens (tertiary/aromatic N) is 5. The summed E-state index contributed by atoms with van der Waals surface area (Å²) < 4.78 is 5.09. The van der Waals surface area contributed by atoms with Crippen LogP contribution in [0, 0.1) is 27.4 Å². The second-order valence-corrected chi connectivity index (χ2v) is 8.50. The van der Waals surface area contributed by atoms with Crippen molar-refractivity contribution in [3.05, 3.63) is 80.1 Å². The molecule has 1 aromatic heterocycles. The number of nitro benzene ring substituents is 1. The van der Waals surface area contributed by atoms with E-state index in [-0.39, 0.29) is 34.8 Å². The van der Waals surface area contributed by atoms with E-state index < -0.39 is 10.5 Å². The van der Waals surface area contributed by atoms with Crippen LogP contribution >= 0.6 is 0 Å². The molecule has 0 aliphatic carbocycles. The second-order valence-electron chi connectivity index (χ2n) is 8.50. The van der Waals surface area contributed by atoms with Crippen LogP contribution in [0.3, 0.4) is 0 Å². The molecule has 2 aromatic carbocycles. The van der Waals surface area contributed by atoms with Crippen molar-refractivity contribution in [2.75, 3.05) is 30.0 Å². The first kappa shape index (κ1) is 26.0. The van der Waals surface area contributed by atoms with Crippen LogP contribution in [-0.2, 0) is 9.53 Å². The molecular formula is C26H25N7O5. The molecule has 2 N–H and O–H groups in total. The maximum absolute atomic E-state index is 12.4. The fraction of sp³-hybridized carbons (Fsp3) is 0.269. The van der Waals surface area contributed by atoms with Gasteiger partial charge in [-0.2, -0.15) is 10.4 Å². The Hall–Kier alpha value is -5.05. The summed E-state index contributed by atoms with van der Waals surface area (Å²) in [4.78, 5) is 44.4. The van der Waals surface area contributed by atoms with Gasteiger partial charge in [0.15, 0.2) is 0 Å². The van der Waals surface area contributed by atoms with Gasteiger partial charge in [0, 0.05) is 30.3 Å². The number of aromatic nitrogens is 2. The highest BCUT2D eigenvalue weighted by molar-refractivity contribution is 5.84. The molecule has 194 valence electrons. The van der Waals surface area contributed by atoms with Crippen molar-refractivity contribution in [2.45, 2.75) is 19.8 Å². The molecule has 2 heterocycles. The zero-order valence-corrected chi connectivity index (χ0v) is 20.6. The van der Waals surface area contributed by atoms with Crippen LogP contribution in [0.5, 0.6) is 0 Å². The molecule has 12 nitrogen and oxygen atoms in total. The number of hydrogen-bond donors (Lipinski definition) is 2. The number of benzene rings is 2. The van der Waals surface area contributed by atoms with Crippen LogP contribution in [0.1, 0.15) is 30.9 Å². The molecule has 38 heavy (non-hydrogen) atoms. The molecule has 0 bridgehead atoms. The number of hydrogen-bond acceptors (Lipinski definition) is 10. The van der Waals surface area contributed by atoms with Crippen LogP contribution in [0.4, 0.5) is 17.3 Å². The minimum Gasteiger partial charge on any atom is -0.466 e. The molecular weight excluding hydrogens is 490 g/mol. The minimum absolute atomic E-state index is 0.0136. The van der Waals surface area contributed by atoms with E-state index >= 15 is 0 Å². The van der Waals surface area contributed by atoms with E-state index in [1.807, 2.05) is 17.0 Å². The van der Waals surface area contributed by atoms with Gasteiger partial charge < -0.3 is 9.64 Å². The molecule has 3 aromatic rings. The van der Waals surface area contributed by atoms with Crippen molar-refractivity contribution in [1.29, 1.82) is 5.26 Å². The van der Waals surface area contributed by atoms with Crippen molar-refractivity contribution < 1.29 is 14.5 Å². The van der Waals surface area contributed by atoms with Gasteiger partial charge in [0.1, 0.15) is 17.3 Å². The average molecular weight is 516 g/mol. The van der Waals surface area contributed by atoms with Gasteiger partial charge in [-0.15, -0.1) is 0 Å². The first-order valence-electron chi connectivity index (χ1n) is 12.0. The first-order chi connectivity index (χ1) is 18.4. The van der Waals surface area contributed by atoms with E-state index in [0.717, 1.165) is 0 Å². The highest BCUT2D eigenvalue weighted by Gasteiger charge is 2.29. The van der Waals surface area contributed by atoms with Gasteiger partial charge in [-0.3, -0.25) is 24.7 Å². The highest BCUT2D eigenvalue weighted by Crippen LogP contribution is 2.32. The van der Waals surface area contributed by atoms with Gasteiger partial charge in [-0.1, -0.05) is 36.4 Å². The molecule has 0 radical (unpaired) electrons. The fourth-order valence-corrected chi connectivity index (χ4v) is 4.25. The molecule has 0 unspecified atom stereocenters. The number of aromatic amines is 1. The largest absolute Gasteiger partial charge is 0.466 e. The number of nitro groups is 1. The number of nitriles is 1. The van der Waals surface area contributed by atoms with E-state index in [1.165, 1.54) is 12.3 Å². The van der Waals surface area contributed by atoms with Crippen LogP contribution < -0.4 is 15.9 Å². The summed E-state index contributed by atoms with van der Waals surface area (Å²) >= 11 is 0. The molecule has 12 heteroatoms. The number of rotatable bonds is 8. The molecule has 1 aliphatic heterocycles. The topological polar surface area (TPSA) is 167 Å². The predicted molar refractivity (Wildman–Crippen MR) is 141 cm³/mol. The summed E-state index contributed by atoms with van der Waals surface area (Å²) in [5, 5.41) is 25.2. The molecule has 0 atom stereocenters. The zero-order chi connectivity index (χ0) is 27.1. The van der Waals surface area contributed by atoms with E-state index in [4.69, 9.17) is 4.74 Å². The smallest absolute Gasteiger partial charge is 0.309 e. The number of ether oxygens (including phenoxy) is 1. The van der Waals surface area contributed by atoms with Gasteiger partial charge in [-0.25, -0.2) is 10.4 Å². The third kappa shape index (κ3) is 5.84. The Morgan fingerprint density at radius 2 is 2.05 bits per heavy atom. The van der Waals surface area contributed by atoms with Crippen molar-refractivity contribution in [1.82, 2.24) is 9.97 Å². The van der Waals surface area contributed by atoms with E-state index in [0.29, 0.717) is 49.4 Å².